The standard InChI is InChI=1S/C58H37N5/c1-5-18-38(19-6-1)54-51-36-50-48-32-17-31-46(55(48)63(45-28-11-4-12-29-45)53(50)37-49(51)47-30-13-14-33-52(47)59-54)43-26-15-24-41(34-43)42-25-16-27-44(35-42)58-61-56(39-20-7-2-8-21-39)60-57(62-58)40-22-9-3-10-23-40/h1-37H. The summed E-state index contributed by atoms with van der Waals surface area (Å²) in [6.07, 6.45) is 0. The third kappa shape index (κ3) is 6.42. The normalized spacial score (nSPS) is 11.5. The van der Waals surface area contributed by atoms with Gasteiger partial charge in [-0.15, -0.1) is 0 Å². The molecule has 3 heterocycles. The van der Waals surface area contributed by atoms with E-state index in [0.717, 1.165) is 83.2 Å². The molecule has 294 valence electrons. The average molecular weight is 804 g/mol. The molecule has 0 saturated carbocycles. The number of pyridine rings is 1. The van der Waals surface area contributed by atoms with Crippen LogP contribution in [0.1, 0.15) is 0 Å². The van der Waals surface area contributed by atoms with E-state index in [1.165, 1.54) is 16.2 Å². The Bertz CT molecular complexity index is 3600. The van der Waals surface area contributed by atoms with E-state index < -0.39 is 0 Å². The number of fused-ring (bicyclic) bond motifs is 6. The van der Waals surface area contributed by atoms with Gasteiger partial charge in [-0.25, -0.2) is 19.9 Å². The molecule has 0 atom stereocenters. The fourth-order valence-electron chi connectivity index (χ4n) is 9.05. The van der Waals surface area contributed by atoms with Crippen LogP contribution < -0.4 is 0 Å². The molecule has 5 heteroatoms. The van der Waals surface area contributed by atoms with Gasteiger partial charge in [0.05, 0.1) is 22.2 Å². The number of rotatable bonds is 7. The van der Waals surface area contributed by atoms with Crippen molar-refractivity contribution >= 4 is 43.5 Å². The first-order chi connectivity index (χ1) is 31.2. The van der Waals surface area contributed by atoms with Gasteiger partial charge < -0.3 is 4.57 Å². The molecule has 5 nitrogen and oxygen atoms in total. The van der Waals surface area contributed by atoms with E-state index >= 15 is 0 Å². The third-order valence-corrected chi connectivity index (χ3v) is 12.0. The Labute approximate surface area is 364 Å². The minimum atomic E-state index is 0.628. The fourth-order valence-corrected chi connectivity index (χ4v) is 9.05. The number of nitrogens with zero attached hydrogens (tertiary/aromatic N) is 5. The van der Waals surface area contributed by atoms with Crippen LogP contribution in [0, 0.1) is 0 Å². The number of hydrogen-bond acceptors (Lipinski definition) is 4. The second-order valence-corrected chi connectivity index (χ2v) is 15.8. The molecule has 0 amide bonds. The monoisotopic (exact) mass is 803 g/mol. The van der Waals surface area contributed by atoms with Crippen LogP contribution in [0.15, 0.2) is 224 Å². The Balaban J connectivity index is 1.04. The summed E-state index contributed by atoms with van der Waals surface area (Å²) < 4.78 is 2.44. The van der Waals surface area contributed by atoms with Crippen LogP contribution in [0.3, 0.4) is 0 Å². The van der Waals surface area contributed by atoms with E-state index in [-0.39, 0.29) is 0 Å². The predicted octanol–water partition coefficient (Wildman–Crippen LogP) is 14.7. The highest BCUT2D eigenvalue weighted by molar-refractivity contribution is 6.21. The lowest BCUT2D eigenvalue weighted by Gasteiger charge is -2.14. The van der Waals surface area contributed by atoms with E-state index in [1.54, 1.807) is 0 Å². The molecule has 63 heavy (non-hydrogen) atoms. The van der Waals surface area contributed by atoms with Gasteiger partial charge >= 0.3 is 0 Å². The van der Waals surface area contributed by atoms with Crippen LogP contribution >= 0.6 is 0 Å². The molecule has 0 bridgehead atoms. The molecule has 0 aliphatic carbocycles. The van der Waals surface area contributed by atoms with Crippen molar-refractivity contribution < 1.29 is 0 Å². The molecule has 0 saturated heterocycles. The second kappa shape index (κ2) is 15.2. The maximum Gasteiger partial charge on any atom is 0.164 e. The van der Waals surface area contributed by atoms with Crippen LogP contribution in [0.5, 0.6) is 0 Å². The molecular weight excluding hydrogens is 767 g/mol. The molecule has 0 unspecified atom stereocenters. The van der Waals surface area contributed by atoms with E-state index in [0.29, 0.717) is 17.5 Å². The largest absolute Gasteiger partial charge is 0.309 e. The first kappa shape index (κ1) is 36.3. The highest BCUT2D eigenvalue weighted by atomic mass is 15.0. The lowest BCUT2D eigenvalue weighted by Crippen LogP contribution is -2.00. The van der Waals surface area contributed by atoms with Crippen LogP contribution in [-0.4, -0.2) is 24.5 Å². The van der Waals surface area contributed by atoms with E-state index in [4.69, 9.17) is 19.9 Å². The Morgan fingerprint density at radius 1 is 0.286 bits per heavy atom. The summed E-state index contributed by atoms with van der Waals surface area (Å²) in [7, 11) is 0. The maximum absolute atomic E-state index is 5.27. The highest BCUT2D eigenvalue weighted by Crippen LogP contribution is 2.43. The Morgan fingerprint density at radius 2 is 0.778 bits per heavy atom. The van der Waals surface area contributed by atoms with Crippen molar-refractivity contribution in [1.82, 2.24) is 24.5 Å². The van der Waals surface area contributed by atoms with E-state index in [1.807, 2.05) is 60.7 Å². The SMILES string of the molecule is c1ccc(-c2nc(-c3ccccc3)nc(-c3cccc(-c4cccc(-c5cccc6c7cc8c(-c9ccccc9)nc9ccccc9c8cc7n(-c7ccccc7)c56)c4)c3)n2)cc1. The zero-order valence-electron chi connectivity index (χ0n) is 34.1. The Hall–Kier alpha value is -8.54. The predicted molar refractivity (Wildman–Crippen MR) is 260 cm³/mol. The Morgan fingerprint density at radius 3 is 1.44 bits per heavy atom. The van der Waals surface area contributed by atoms with Crippen LogP contribution in [0.2, 0.25) is 0 Å². The van der Waals surface area contributed by atoms with Gasteiger partial charge in [0.15, 0.2) is 17.5 Å². The van der Waals surface area contributed by atoms with Gasteiger partial charge in [0, 0.05) is 55.0 Å². The first-order valence-electron chi connectivity index (χ1n) is 21.2. The quantitative estimate of drug-likeness (QED) is 0.151. The molecule has 12 aromatic rings. The van der Waals surface area contributed by atoms with Gasteiger partial charge in [-0.05, 0) is 64.5 Å². The van der Waals surface area contributed by atoms with Gasteiger partial charge in [-0.1, -0.05) is 182 Å². The van der Waals surface area contributed by atoms with Crippen molar-refractivity contribution in [2.75, 3.05) is 0 Å². The summed E-state index contributed by atoms with van der Waals surface area (Å²) in [5.41, 5.74) is 13.8. The van der Waals surface area contributed by atoms with E-state index in [2.05, 4.69) is 168 Å². The van der Waals surface area contributed by atoms with Crippen LogP contribution in [0.4, 0.5) is 0 Å². The maximum atomic E-state index is 5.27. The smallest absolute Gasteiger partial charge is 0.164 e. The molecule has 0 fully saturated rings. The van der Waals surface area contributed by atoms with Gasteiger partial charge in [-0.2, -0.15) is 0 Å². The molecule has 0 aliphatic heterocycles. The summed E-state index contributed by atoms with van der Waals surface area (Å²) in [6.45, 7) is 0. The van der Waals surface area contributed by atoms with Crippen LogP contribution in [-0.2, 0) is 0 Å². The summed E-state index contributed by atoms with van der Waals surface area (Å²) >= 11 is 0. The molecule has 0 aliphatic rings. The summed E-state index contributed by atoms with van der Waals surface area (Å²) in [4.78, 5) is 20.2. The van der Waals surface area contributed by atoms with Crippen molar-refractivity contribution in [2.45, 2.75) is 0 Å². The first-order valence-corrected chi connectivity index (χ1v) is 21.2. The average Bonchev–Trinajstić information content (AvgIpc) is 3.70. The zero-order valence-corrected chi connectivity index (χ0v) is 34.1. The van der Waals surface area contributed by atoms with Crippen LogP contribution in [0.25, 0.3) is 117 Å². The highest BCUT2D eigenvalue weighted by Gasteiger charge is 2.21. The Kier molecular flexibility index (Phi) is 8.75. The minimum Gasteiger partial charge on any atom is -0.309 e. The molecule has 12 rings (SSSR count). The van der Waals surface area contributed by atoms with Crippen molar-refractivity contribution in [3.63, 3.8) is 0 Å². The molecule has 0 spiro atoms. The minimum absolute atomic E-state index is 0.628. The summed E-state index contributed by atoms with van der Waals surface area (Å²) in [5.74, 6) is 1.91. The molecule has 0 radical (unpaired) electrons. The van der Waals surface area contributed by atoms with Gasteiger partial charge in [0.1, 0.15) is 0 Å². The molecule has 9 aromatic carbocycles. The number of aromatic nitrogens is 5. The van der Waals surface area contributed by atoms with Gasteiger partial charge in [0.25, 0.3) is 0 Å². The second-order valence-electron chi connectivity index (χ2n) is 15.8. The summed E-state index contributed by atoms with van der Waals surface area (Å²) in [5, 5.41) is 5.82. The summed E-state index contributed by atoms with van der Waals surface area (Å²) in [6, 6.07) is 78.8. The molecule has 0 N–H and O–H groups in total. The number of benzene rings is 9. The fraction of sp³-hybridized carbons (Fsp3) is 0. The lowest BCUT2D eigenvalue weighted by atomic mass is 9.96. The third-order valence-electron chi connectivity index (χ3n) is 12.0. The lowest BCUT2D eigenvalue weighted by molar-refractivity contribution is 1.07. The van der Waals surface area contributed by atoms with Crippen molar-refractivity contribution in [2.24, 2.45) is 0 Å². The topological polar surface area (TPSA) is 56.5 Å². The molecule has 3 aromatic heterocycles. The number of para-hydroxylation sites is 3. The van der Waals surface area contributed by atoms with Gasteiger partial charge in [-0.3, -0.25) is 0 Å². The molecular formula is C58H37N5. The van der Waals surface area contributed by atoms with Gasteiger partial charge in [0.2, 0.25) is 0 Å². The number of hydrogen-bond donors (Lipinski definition) is 0. The van der Waals surface area contributed by atoms with E-state index in [9.17, 15) is 0 Å². The van der Waals surface area contributed by atoms with Crippen molar-refractivity contribution in [1.29, 1.82) is 0 Å². The zero-order chi connectivity index (χ0) is 41.7. The van der Waals surface area contributed by atoms with Crippen molar-refractivity contribution in [3.05, 3.63) is 224 Å². The van der Waals surface area contributed by atoms with Crippen molar-refractivity contribution in [3.8, 4) is 73.4 Å².